The fraction of sp³-hybridized carbons (Fsp3) is 0.200. The van der Waals surface area contributed by atoms with E-state index in [1.54, 1.807) is 54.2 Å². The van der Waals surface area contributed by atoms with Crippen LogP contribution in [0.4, 0.5) is 11.4 Å². The highest BCUT2D eigenvalue weighted by atomic mass is 32.2. The Hall–Kier alpha value is -3.33. The maximum Gasteiger partial charge on any atom is 0.255 e. The van der Waals surface area contributed by atoms with Gasteiger partial charge in [0.15, 0.2) is 0 Å². The Morgan fingerprint density at radius 2 is 1.90 bits per heavy atom. The summed E-state index contributed by atoms with van der Waals surface area (Å²) in [4.78, 5) is 48.6. The first kappa shape index (κ1) is 20.4. The topological polar surface area (TPSA) is 130 Å². The number of primary amides is 1. The van der Waals surface area contributed by atoms with Gasteiger partial charge in [0, 0.05) is 35.6 Å². The lowest BCUT2D eigenvalue weighted by Gasteiger charge is -2.12. The van der Waals surface area contributed by atoms with Crippen LogP contribution in [0.2, 0.25) is 0 Å². The van der Waals surface area contributed by atoms with Gasteiger partial charge in [-0.2, -0.15) is 0 Å². The van der Waals surface area contributed by atoms with Gasteiger partial charge in [0.1, 0.15) is 0 Å². The lowest BCUT2D eigenvalue weighted by Crippen LogP contribution is -2.28. The number of benzene rings is 2. The summed E-state index contributed by atoms with van der Waals surface area (Å²) in [5.41, 5.74) is 6.63. The summed E-state index contributed by atoms with van der Waals surface area (Å²) in [5.74, 6) is -0.753. The van der Waals surface area contributed by atoms with Crippen LogP contribution in [0.5, 0.6) is 0 Å². The molecule has 0 saturated carbocycles. The van der Waals surface area contributed by atoms with Gasteiger partial charge < -0.3 is 21.7 Å². The van der Waals surface area contributed by atoms with E-state index in [2.05, 4.69) is 16.0 Å². The summed E-state index contributed by atoms with van der Waals surface area (Å²) in [6, 6.07) is 11.6. The van der Waals surface area contributed by atoms with Crippen LogP contribution >= 0.6 is 11.8 Å². The summed E-state index contributed by atoms with van der Waals surface area (Å²) in [6.45, 7) is 0.110. The molecule has 5 N–H and O–H groups in total. The molecule has 150 valence electrons. The van der Waals surface area contributed by atoms with Crippen molar-refractivity contribution in [2.24, 2.45) is 5.73 Å². The Bertz CT molecular complexity index is 977. The van der Waals surface area contributed by atoms with Gasteiger partial charge in [-0.15, -0.1) is 11.8 Å². The minimum Gasteiger partial charge on any atom is -0.370 e. The monoisotopic (exact) mass is 412 g/mol. The normalized spacial score (nSPS) is 12.9. The molecule has 29 heavy (non-hydrogen) atoms. The third-order valence-electron chi connectivity index (χ3n) is 4.18. The van der Waals surface area contributed by atoms with Crippen LogP contribution in [-0.2, 0) is 9.59 Å². The average molecular weight is 412 g/mol. The van der Waals surface area contributed by atoms with E-state index < -0.39 is 17.7 Å². The zero-order chi connectivity index (χ0) is 20.8. The standard InChI is InChI=1S/C20H20N4O4S/c21-17(25)7-9-22-20(28)13-3-1-2-4-14(13)24-19(27)12-5-6-16-15(11-12)23-18(26)8-10-29-16/h1-6,11H,7-10H2,(H2,21,25)(H,22,28)(H,23,26)(H,24,27). The van der Waals surface area contributed by atoms with Crippen LogP contribution in [0.1, 0.15) is 33.6 Å². The third-order valence-corrected chi connectivity index (χ3v) is 5.25. The highest BCUT2D eigenvalue weighted by molar-refractivity contribution is 7.99. The first-order valence-corrected chi connectivity index (χ1v) is 9.96. The second-order valence-electron chi connectivity index (χ2n) is 6.33. The van der Waals surface area contributed by atoms with Gasteiger partial charge in [-0.1, -0.05) is 12.1 Å². The molecule has 2 aromatic rings. The Kier molecular flexibility index (Phi) is 6.50. The first-order valence-electron chi connectivity index (χ1n) is 8.97. The molecule has 0 bridgehead atoms. The number of nitrogens with two attached hydrogens (primary N) is 1. The van der Waals surface area contributed by atoms with E-state index in [0.717, 1.165) is 4.90 Å². The number of nitrogens with one attached hydrogen (secondary N) is 3. The van der Waals surface area contributed by atoms with E-state index in [4.69, 9.17) is 5.73 Å². The van der Waals surface area contributed by atoms with Crippen molar-refractivity contribution in [2.45, 2.75) is 17.7 Å². The van der Waals surface area contributed by atoms with E-state index >= 15 is 0 Å². The first-order chi connectivity index (χ1) is 13.9. The van der Waals surface area contributed by atoms with Gasteiger partial charge in [-0.05, 0) is 30.3 Å². The number of carbonyl (C=O) groups is 4. The van der Waals surface area contributed by atoms with E-state index in [-0.39, 0.29) is 24.4 Å². The van der Waals surface area contributed by atoms with Gasteiger partial charge in [0.25, 0.3) is 11.8 Å². The maximum atomic E-state index is 12.7. The minimum atomic E-state index is -0.514. The maximum absolute atomic E-state index is 12.7. The van der Waals surface area contributed by atoms with Crippen molar-refractivity contribution in [3.05, 3.63) is 53.6 Å². The Morgan fingerprint density at radius 1 is 1.10 bits per heavy atom. The van der Waals surface area contributed by atoms with Gasteiger partial charge in [-0.3, -0.25) is 19.2 Å². The summed E-state index contributed by atoms with van der Waals surface area (Å²) in [6.07, 6.45) is 0.443. The highest BCUT2D eigenvalue weighted by Crippen LogP contribution is 2.31. The summed E-state index contributed by atoms with van der Waals surface area (Å²) < 4.78 is 0. The molecule has 4 amide bonds. The van der Waals surface area contributed by atoms with Gasteiger partial charge in [-0.25, -0.2) is 0 Å². The Labute approximate surface area is 171 Å². The summed E-state index contributed by atoms with van der Waals surface area (Å²) >= 11 is 1.55. The third kappa shape index (κ3) is 5.35. The molecule has 0 fully saturated rings. The van der Waals surface area contributed by atoms with E-state index in [0.29, 0.717) is 29.1 Å². The van der Waals surface area contributed by atoms with Crippen molar-refractivity contribution in [2.75, 3.05) is 22.9 Å². The molecule has 0 spiro atoms. The van der Waals surface area contributed by atoms with Crippen LogP contribution in [0.3, 0.4) is 0 Å². The van der Waals surface area contributed by atoms with Crippen LogP contribution in [0, 0.1) is 0 Å². The SMILES string of the molecule is NC(=O)CCNC(=O)c1ccccc1NC(=O)c1ccc2c(c1)NC(=O)CCS2. The molecular formula is C20H20N4O4S. The van der Waals surface area contributed by atoms with Gasteiger partial charge in [0.2, 0.25) is 11.8 Å². The van der Waals surface area contributed by atoms with Crippen LogP contribution in [0.25, 0.3) is 0 Å². The number of anilines is 2. The fourth-order valence-electron chi connectivity index (χ4n) is 2.74. The molecule has 2 aromatic carbocycles. The van der Waals surface area contributed by atoms with E-state index in [9.17, 15) is 19.2 Å². The minimum absolute atomic E-state index is 0.0269. The number of rotatable bonds is 6. The Morgan fingerprint density at radius 3 is 2.69 bits per heavy atom. The van der Waals surface area contributed by atoms with Crippen LogP contribution < -0.4 is 21.7 Å². The number of thioether (sulfide) groups is 1. The second-order valence-corrected chi connectivity index (χ2v) is 7.47. The van der Waals surface area contributed by atoms with Crippen molar-refractivity contribution in [3.8, 4) is 0 Å². The smallest absolute Gasteiger partial charge is 0.255 e. The molecule has 9 heteroatoms. The molecule has 1 aliphatic rings. The molecule has 8 nitrogen and oxygen atoms in total. The number of amides is 4. The Balaban J connectivity index is 1.75. The molecule has 0 saturated heterocycles. The van der Waals surface area contributed by atoms with Crippen molar-refractivity contribution < 1.29 is 19.2 Å². The quantitative estimate of drug-likeness (QED) is 0.576. The fourth-order valence-corrected chi connectivity index (χ4v) is 3.68. The van der Waals surface area contributed by atoms with Crippen LogP contribution in [0.15, 0.2) is 47.4 Å². The molecule has 0 atom stereocenters. The number of carbonyl (C=O) groups excluding carboxylic acids is 4. The van der Waals surface area contributed by atoms with E-state index in [1.807, 2.05) is 0 Å². The van der Waals surface area contributed by atoms with Crippen molar-refractivity contribution in [1.82, 2.24) is 5.32 Å². The number of para-hydroxylation sites is 1. The predicted octanol–water partition coefficient (Wildman–Crippen LogP) is 1.98. The molecular weight excluding hydrogens is 392 g/mol. The molecule has 3 rings (SSSR count). The van der Waals surface area contributed by atoms with Gasteiger partial charge >= 0.3 is 0 Å². The van der Waals surface area contributed by atoms with Crippen LogP contribution in [-0.4, -0.2) is 35.9 Å². The second kappa shape index (κ2) is 9.24. The molecule has 0 aliphatic carbocycles. The average Bonchev–Trinajstić information content (AvgIpc) is 2.87. The molecule has 0 aromatic heterocycles. The summed E-state index contributed by atoms with van der Waals surface area (Å²) in [7, 11) is 0. The number of hydrogen-bond donors (Lipinski definition) is 4. The van der Waals surface area contributed by atoms with Crippen molar-refractivity contribution in [1.29, 1.82) is 0 Å². The van der Waals surface area contributed by atoms with Crippen molar-refractivity contribution in [3.63, 3.8) is 0 Å². The van der Waals surface area contributed by atoms with Gasteiger partial charge in [0.05, 0.1) is 16.9 Å². The molecule has 1 aliphatic heterocycles. The summed E-state index contributed by atoms with van der Waals surface area (Å²) in [5, 5.41) is 8.13. The number of fused-ring (bicyclic) bond motifs is 1. The molecule has 1 heterocycles. The largest absolute Gasteiger partial charge is 0.370 e. The van der Waals surface area contributed by atoms with Crippen molar-refractivity contribution >= 4 is 46.8 Å². The molecule has 0 radical (unpaired) electrons. The molecule has 0 unspecified atom stereocenters. The zero-order valence-corrected chi connectivity index (χ0v) is 16.3. The van der Waals surface area contributed by atoms with E-state index in [1.165, 1.54) is 0 Å². The highest BCUT2D eigenvalue weighted by Gasteiger charge is 2.18. The lowest BCUT2D eigenvalue weighted by molar-refractivity contribution is -0.118. The lowest BCUT2D eigenvalue weighted by atomic mass is 10.1. The zero-order valence-electron chi connectivity index (χ0n) is 15.5. The predicted molar refractivity (Wildman–Crippen MR) is 111 cm³/mol. The number of hydrogen-bond acceptors (Lipinski definition) is 5.